The summed E-state index contributed by atoms with van der Waals surface area (Å²) < 4.78 is 15.0. The fraction of sp³-hybridized carbons (Fsp3) is 0.368. The fourth-order valence-electron chi connectivity index (χ4n) is 3.02. The molecule has 1 aliphatic heterocycles. The average molecular weight is 396 g/mol. The quantitative estimate of drug-likeness (QED) is 0.827. The van der Waals surface area contributed by atoms with E-state index in [0.717, 1.165) is 5.69 Å². The highest BCUT2D eigenvalue weighted by atomic mass is 35.5. The van der Waals surface area contributed by atoms with Gasteiger partial charge in [-0.05, 0) is 30.3 Å². The lowest BCUT2D eigenvalue weighted by atomic mass is 9.92. The van der Waals surface area contributed by atoms with Gasteiger partial charge in [0.25, 0.3) is 5.91 Å². The molecule has 2 heterocycles. The number of nitrogens with zero attached hydrogens (tertiary/aromatic N) is 2. The van der Waals surface area contributed by atoms with Crippen LogP contribution in [0.2, 0.25) is 10.0 Å². The van der Waals surface area contributed by atoms with Crippen molar-refractivity contribution in [1.82, 2.24) is 15.2 Å². The summed E-state index contributed by atoms with van der Waals surface area (Å²) in [4.78, 5) is 18.4. The number of piperidine rings is 1. The van der Waals surface area contributed by atoms with Gasteiger partial charge in [0.05, 0.1) is 15.7 Å². The molecule has 3 rings (SSSR count). The number of halogens is 3. The van der Waals surface area contributed by atoms with Crippen LogP contribution < -0.4 is 5.32 Å². The predicted molar refractivity (Wildman–Crippen MR) is 101 cm³/mol. The molecule has 0 unspecified atom stereocenters. The van der Waals surface area contributed by atoms with E-state index in [1.165, 1.54) is 0 Å². The molecule has 2 aromatic rings. The number of aromatic nitrogens is 1. The largest absolute Gasteiger partial charge is 0.338 e. The van der Waals surface area contributed by atoms with Crippen LogP contribution in [0.1, 0.15) is 28.9 Å². The highest BCUT2D eigenvalue weighted by Crippen LogP contribution is 2.28. The Morgan fingerprint density at radius 2 is 1.96 bits per heavy atom. The Balaban J connectivity index is 1.51. The third-order valence-corrected chi connectivity index (χ3v) is 5.33. The van der Waals surface area contributed by atoms with Crippen molar-refractivity contribution >= 4 is 29.1 Å². The van der Waals surface area contributed by atoms with Gasteiger partial charge in [0.2, 0.25) is 0 Å². The van der Waals surface area contributed by atoms with Gasteiger partial charge < -0.3 is 10.2 Å². The van der Waals surface area contributed by atoms with Gasteiger partial charge in [-0.2, -0.15) is 0 Å². The number of rotatable bonds is 5. The van der Waals surface area contributed by atoms with Crippen LogP contribution in [0.15, 0.2) is 42.6 Å². The molecular weight excluding hydrogens is 376 g/mol. The second-order valence-electron chi connectivity index (χ2n) is 6.50. The maximum absolute atomic E-state index is 15.0. The monoisotopic (exact) mass is 395 g/mol. The zero-order valence-electron chi connectivity index (χ0n) is 14.2. The van der Waals surface area contributed by atoms with Gasteiger partial charge in [0.15, 0.2) is 0 Å². The lowest BCUT2D eigenvalue weighted by Crippen LogP contribution is -2.48. The van der Waals surface area contributed by atoms with Crippen LogP contribution in [-0.4, -0.2) is 41.1 Å². The number of hydrogen-bond acceptors (Lipinski definition) is 3. The number of pyridine rings is 1. The van der Waals surface area contributed by atoms with E-state index < -0.39 is 5.67 Å². The summed E-state index contributed by atoms with van der Waals surface area (Å²) in [5, 5.41) is 3.88. The topological polar surface area (TPSA) is 45.2 Å². The molecule has 1 amide bonds. The normalized spacial score (nSPS) is 16.5. The Morgan fingerprint density at radius 1 is 1.19 bits per heavy atom. The molecule has 0 radical (unpaired) electrons. The standard InChI is InChI=1S/C19H20Cl2FN3O/c20-16-5-4-14(11-17(16)21)18(26)25-9-6-19(22,7-10-25)13-23-12-15-3-1-2-8-24-15/h1-5,8,11,23H,6-7,9-10,12-13H2. The number of nitrogens with one attached hydrogen (secondary N) is 1. The van der Waals surface area contributed by atoms with Gasteiger partial charge in [0, 0.05) is 50.8 Å². The third-order valence-electron chi connectivity index (χ3n) is 4.59. The minimum absolute atomic E-state index is 0.146. The van der Waals surface area contributed by atoms with Crippen molar-refractivity contribution in [1.29, 1.82) is 0 Å². The van der Waals surface area contributed by atoms with Crippen LogP contribution >= 0.6 is 23.2 Å². The third kappa shape index (κ3) is 4.72. The Kier molecular flexibility index (Phi) is 6.12. The number of carbonyl (C=O) groups excluding carboxylic acids is 1. The predicted octanol–water partition coefficient (Wildman–Crippen LogP) is 4.12. The minimum atomic E-state index is -1.32. The summed E-state index contributed by atoms with van der Waals surface area (Å²) in [6.45, 7) is 1.53. The summed E-state index contributed by atoms with van der Waals surface area (Å²) >= 11 is 11.9. The van der Waals surface area contributed by atoms with E-state index in [1.807, 2.05) is 18.2 Å². The number of carbonyl (C=O) groups is 1. The smallest absolute Gasteiger partial charge is 0.253 e. The molecule has 7 heteroatoms. The zero-order chi connectivity index (χ0) is 18.6. The maximum atomic E-state index is 15.0. The summed E-state index contributed by atoms with van der Waals surface area (Å²) in [6.07, 6.45) is 2.32. The van der Waals surface area contributed by atoms with Crippen molar-refractivity contribution in [3.63, 3.8) is 0 Å². The van der Waals surface area contributed by atoms with Crippen molar-refractivity contribution in [3.8, 4) is 0 Å². The Bertz CT molecular complexity index is 765. The molecule has 1 saturated heterocycles. The van der Waals surface area contributed by atoms with Crippen LogP contribution in [0.5, 0.6) is 0 Å². The second-order valence-corrected chi connectivity index (χ2v) is 7.31. The molecule has 1 aromatic carbocycles. The first-order chi connectivity index (χ1) is 12.5. The molecule has 0 saturated carbocycles. The zero-order valence-corrected chi connectivity index (χ0v) is 15.7. The molecule has 1 N–H and O–H groups in total. The molecule has 138 valence electrons. The second kappa shape index (κ2) is 8.33. The Labute approximate surface area is 162 Å². The van der Waals surface area contributed by atoms with Gasteiger partial charge in [-0.3, -0.25) is 9.78 Å². The molecule has 1 aromatic heterocycles. The summed E-state index contributed by atoms with van der Waals surface area (Å²) in [5.74, 6) is -0.146. The van der Waals surface area contributed by atoms with E-state index in [0.29, 0.717) is 48.1 Å². The van der Waals surface area contributed by atoms with Gasteiger partial charge in [0.1, 0.15) is 5.67 Å². The number of alkyl halides is 1. The van der Waals surface area contributed by atoms with Gasteiger partial charge >= 0.3 is 0 Å². The Hall–Kier alpha value is -1.69. The molecule has 0 spiro atoms. The first-order valence-electron chi connectivity index (χ1n) is 8.51. The molecule has 26 heavy (non-hydrogen) atoms. The lowest BCUT2D eigenvalue weighted by Gasteiger charge is -2.36. The average Bonchev–Trinajstić information content (AvgIpc) is 2.65. The first kappa shape index (κ1) is 19.1. The fourth-order valence-corrected chi connectivity index (χ4v) is 3.31. The molecule has 0 atom stereocenters. The van der Waals surface area contributed by atoms with Gasteiger partial charge in [-0.1, -0.05) is 29.3 Å². The molecule has 0 bridgehead atoms. The molecule has 1 aliphatic rings. The maximum Gasteiger partial charge on any atom is 0.253 e. The van der Waals surface area contributed by atoms with Gasteiger partial charge in [-0.25, -0.2) is 4.39 Å². The lowest BCUT2D eigenvalue weighted by molar-refractivity contribution is 0.0434. The Morgan fingerprint density at radius 3 is 2.62 bits per heavy atom. The van der Waals surface area contributed by atoms with Gasteiger partial charge in [-0.15, -0.1) is 0 Å². The first-order valence-corrected chi connectivity index (χ1v) is 9.26. The summed E-state index contributed by atoms with van der Waals surface area (Å²) in [6, 6.07) is 10.4. The summed E-state index contributed by atoms with van der Waals surface area (Å²) in [7, 11) is 0. The van der Waals surface area contributed by atoms with E-state index >= 15 is 0 Å². The van der Waals surface area contributed by atoms with Crippen LogP contribution in [-0.2, 0) is 6.54 Å². The van der Waals surface area contributed by atoms with E-state index in [-0.39, 0.29) is 12.5 Å². The SMILES string of the molecule is O=C(c1ccc(Cl)c(Cl)c1)N1CCC(F)(CNCc2ccccn2)CC1. The van der Waals surface area contributed by atoms with Crippen molar-refractivity contribution in [2.24, 2.45) is 0 Å². The van der Waals surface area contributed by atoms with Crippen LogP contribution in [0, 0.1) is 0 Å². The highest BCUT2D eigenvalue weighted by Gasteiger charge is 2.35. The molecule has 0 aliphatic carbocycles. The van der Waals surface area contributed by atoms with Crippen LogP contribution in [0.25, 0.3) is 0 Å². The molecule has 1 fully saturated rings. The van der Waals surface area contributed by atoms with E-state index in [2.05, 4.69) is 10.3 Å². The van der Waals surface area contributed by atoms with Crippen molar-refractivity contribution in [2.45, 2.75) is 25.1 Å². The van der Waals surface area contributed by atoms with E-state index in [9.17, 15) is 9.18 Å². The molecular formula is C19H20Cl2FN3O. The van der Waals surface area contributed by atoms with E-state index in [1.54, 1.807) is 29.3 Å². The van der Waals surface area contributed by atoms with Crippen molar-refractivity contribution in [2.75, 3.05) is 19.6 Å². The van der Waals surface area contributed by atoms with Crippen LogP contribution in [0.4, 0.5) is 4.39 Å². The number of hydrogen-bond donors (Lipinski definition) is 1. The highest BCUT2D eigenvalue weighted by molar-refractivity contribution is 6.42. The number of likely N-dealkylation sites (tertiary alicyclic amines) is 1. The number of amides is 1. The van der Waals surface area contributed by atoms with Crippen molar-refractivity contribution < 1.29 is 9.18 Å². The van der Waals surface area contributed by atoms with Crippen molar-refractivity contribution in [3.05, 3.63) is 63.9 Å². The minimum Gasteiger partial charge on any atom is -0.338 e. The number of benzene rings is 1. The summed E-state index contributed by atoms with van der Waals surface area (Å²) in [5.41, 5.74) is 0.0331. The molecule has 4 nitrogen and oxygen atoms in total. The van der Waals surface area contributed by atoms with Crippen LogP contribution in [0.3, 0.4) is 0 Å². The van der Waals surface area contributed by atoms with E-state index in [4.69, 9.17) is 23.2 Å².